The van der Waals surface area contributed by atoms with E-state index in [1.54, 1.807) is 20.8 Å². The van der Waals surface area contributed by atoms with E-state index in [-0.39, 0.29) is 16.3 Å². The minimum absolute atomic E-state index is 0.0849. The molecule has 17 heavy (non-hydrogen) atoms. The Labute approximate surface area is 103 Å². The summed E-state index contributed by atoms with van der Waals surface area (Å²) in [7, 11) is 0. The minimum Gasteiger partial charge on any atom is -0.456 e. The number of hydrogen-bond donors (Lipinski definition) is 0. The van der Waals surface area contributed by atoms with E-state index in [0.717, 1.165) is 0 Å². The molecule has 0 aliphatic heterocycles. The van der Waals surface area contributed by atoms with Gasteiger partial charge in [0.1, 0.15) is 10.6 Å². The van der Waals surface area contributed by atoms with E-state index < -0.39 is 16.5 Å². The molecule has 0 spiro atoms. The molecule has 0 saturated carbocycles. The van der Waals surface area contributed by atoms with Crippen molar-refractivity contribution >= 4 is 23.3 Å². The first-order chi connectivity index (χ1) is 7.70. The van der Waals surface area contributed by atoms with Gasteiger partial charge in [-0.3, -0.25) is 10.1 Å². The lowest BCUT2D eigenvalue weighted by Gasteiger charge is -2.19. The maximum absolute atomic E-state index is 11.6. The van der Waals surface area contributed by atoms with Gasteiger partial charge in [0.2, 0.25) is 0 Å². The molecule has 1 rings (SSSR count). The van der Waals surface area contributed by atoms with Crippen LogP contribution in [0.3, 0.4) is 0 Å². The fourth-order valence-electron chi connectivity index (χ4n) is 1.12. The topological polar surface area (TPSA) is 69.4 Å². The zero-order valence-electron chi connectivity index (χ0n) is 9.69. The summed E-state index contributed by atoms with van der Waals surface area (Å²) in [5.74, 6) is -0.561. The first-order valence-corrected chi connectivity index (χ1v) is 5.26. The maximum atomic E-state index is 11.6. The second-order valence-corrected chi connectivity index (χ2v) is 4.83. The largest absolute Gasteiger partial charge is 0.456 e. The minimum atomic E-state index is -0.620. The van der Waals surface area contributed by atoms with Crippen molar-refractivity contribution in [1.82, 2.24) is 0 Å². The summed E-state index contributed by atoms with van der Waals surface area (Å²) in [6.45, 7) is 5.20. The molecular weight excluding hydrogens is 246 g/mol. The number of hydrogen-bond acceptors (Lipinski definition) is 4. The van der Waals surface area contributed by atoms with Crippen molar-refractivity contribution in [1.29, 1.82) is 0 Å². The molecule has 5 nitrogen and oxygen atoms in total. The van der Waals surface area contributed by atoms with E-state index in [1.807, 2.05) is 0 Å². The second-order valence-electron chi connectivity index (χ2n) is 4.43. The van der Waals surface area contributed by atoms with Crippen molar-refractivity contribution in [2.24, 2.45) is 0 Å². The lowest BCUT2D eigenvalue weighted by atomic mass is 10.1. The van der Waals surface area contributed by atoms with Crippen LogP contribution in [-0.2, 0) is 4.74 Å². The Bertz CT molecular complexity index is 465. The fraction of sp³-hybridized carbons (Fsp3) is 0.364. The molecule has 6 heteroatoms. The molecule has 0 aliphatic carbocycles. The van der Waals surface area contributed by atoms with Crippen molar-refractivity contribution in [2.45, 2.75) is 26.4 Å². The van der Waals surface area contributed by atoms with Crippen molar-refractivity contribution in [3.8, 4) is 0 Å². The van der Waals surface area contributed by atoms with Gasteiger partial charge in [-0.25, -0.2) is 4.79 Å². The average Bonchev–Trinajstić information content (AvgIpc) is 2.14. The van der Waals surface area contributed by atoms with E-state index in [9.17, 15) is 14.9 Å². The van der Waals surface area contributed by atoms with Gasteiger partial charge in [0, 0.05) is 6.07 Å². The third-order valence-electron chi connectivity index (χ3n) is 1.78. The molecule has 0 fully saturated rings. The molecule has 0 unspecified atom stereocenters. The van der Waals surface area contributed by atoms with Crippen LogP contribution in [0.15, 0.2) is 18.2 Å². The number of esters is 1. The van der Waals surface area contributed by atoms with Gasteiger partial charge in [-0.15, -0.1) is 0 Å². The van der Waals surface area contributed by atoms with Crippen molar-refractivity contribution in [3.05, 3.63) is 38.9 Å². The summed E-state index contributed by atoms with van der Waals surface area (Å²) in [5, 5.41) is 10.5. The Kier molecular flexibility index (Phi) is 3.72. The number of nitro groups is 1. The second kappa shape index (κ2) is 4.71. The fourth-order valence-corrected chi connectivity index (χ4v) is 1.37. The summed E-state index contributed by atoms with van der Waals surface area (Å²) >= 11 is 5.69. The first-order valence-electron chi connectivity index (χ1n) is 4.88. The maximum Gasteiger partial charge on any atom is 0.338 e. The van der Waals surface area contributed by atoms with E-state index in [4.69, 9.17) is 16.3 Å². The van der Waals surface area contributed by atoms with Gasteiger partial charge in [-0.05, 0) is 32.9 Å². The van der Waals surface area contributed by atoms with Gasteiger partial charge in [0.25, 0.3) is 5.69 Å². The van der Waals surface area contributed by atoms with Crippen LogP contribution in [0.2, 0.25) is 5.02 Å². The van der Waals surface area contributed by atoms with Gasteiger partial charge in [-0.1, -0.05) is 11.6 Å². The molecule has 0 aromatic heterocycles. The molecule has 0 N–H and O–H groups in total. The number of carbonyl (C=O) groups is 1. The van der Waals surface area contributed by atoms with Crippen molar-refractivity contribution in [3.63, 3.8) is 0 Å². The van der Waals surface area contributed by atoms with Gasteiger partial charge in [0.05, 0.1) is 10.5 Å². The number of ether oxygens (including phenoxy) is 1. The predicted octanol–water partition coefficient (Wildman–Crippen LogP) is 3.20. The molecule has 0 radical (unpaired) electrons. The lowest BCUT2D eigenvalue weighted by Crippen LogP contribution is -2.23. The summed E-state index contributed by atoms with van der Waals surface area (Å²) in [6.07, 6.45) is 0. The number of nitro benzene ring substituents is 1. The van der Waals surface area contributed by atoms with Gasteiger partial charge in [0.15, 0.2) is 0 Å². The molecule has 0 bridgehead atoms. The summed E-state index contributed by atoms with van der Waals surface area (Å²) in [5.41, 5.74) is -0.666. The van der Waals surface area contributed by atoms with Crippen LogP contribution < -0.4 is 0 Å². The van der Waals surface area contributed by atoms with Gasteiger partial charge >= 0.3 is 5.97 Å². The zero-order chi connectivity index (χ0) is 13.2. The van der Waals surface area contributed by atoms with E-state index in [1.165, 1.54) is 18.2 Å². The third-order valence-corrected chi connectivity index (χ3v) is 2.08. The number of halogens is 1. The number of benzene rings is 1. The van der Waals surface area contributed by atoms with Crippen molar-refractivity contribution < 1.29 is 14.5 Å². The summed E-state index contributed by atoms with van der Waals surface area (Å²) in [6, 6.07) is 3.73. The number of nitrogens with zero attached hydrogens (tertiary/aromatic N) is 1. The Morgan fingerprint density at radius 1 is 1.41 bits per heavy atom. The van der Waals surface area contributed by atoms with E-state index in [2.05, 4.69) is 0 Å². The molecule has 0 saturated heterocycles. The Morgan fingerprint density at radius 2 is 2.00 bits per heavy atom. The monoisotopic (exact) mass is 257 g/mol. The van der Waals surface area contributed by atoms with Crippen LogP contribution in [0.5, 0.6) is 0 Å². The Morgan fingerprint density at radius 3 is 2.41 bits per heavy atom. The molecule has 0 aliphatic rings. The molecule has 1 aromatic carbocycles. The van der Waals surface area contributed by atoms with Gasteiger partial charge < -0.3 is 4.74 Å². The quantitative estimate of drug-likeness (QED) is 0.463. The molecule has 1 aromatic rings. The normalized spacial score (nSPS) is 11.1. The van der Waals surface area contributed by atoms with Gasteiger partial charge in [-0.2, -0.15) is 0 Å². The highest BCUT2D eigenvalue weighted by atomic mass is 35.5. The summed E-state index contributed by atoms with van der Waals surface area (Å²) < 4.78 is 5.11. The number of rotatable bonds is 2. The van der Waals surface area contributed by atoms with E-state index in [0.29, 0.717) is 0 Å². The molecular formula is C11H12ClNO4. The Hall–Kier alpha value is -1.62. The van der Waals surface area contributed by atoms with Crippen LogP contribution in [0, 0.1) is 10.1 Å². The zero-order valence-corrected chi connectivity index (χ0v) is 10.4. The molecule has 0 atom stereocenters. The third kappa shape index (κ3) is 3.71. The highest BCUT2D eigenvalue weighted by molar-refractivity contribution is 6.33. The highest BCUT2D eigenvalue weighted by Gasteiger charge is 2.20. The number of carbonyl (C=O) groups excluding carboxylic acids is 1. The van der Waals surface area contributed by atoms with Crippen LogP contribution in [-0.4, -0.2) is 16.5 Å². The van der Waals surface area contributed by atoms with Crippen molar-refractivity contribution in [2.75, 3.05) is 0 Å². The molecule has 0 amide bonds. The predicted molar refractivity (Wildman–Crippen MR) is 63.3 cm³/mol. The standard InChI is InChI=1S/C11H12ClNO4/c1-11(2,3)17-10(14)7-4-5-9(13(15)16)8(12)6-7/h4-6H,1-3H3. The van der Waals surface area contributed by atoms with Crippen LogP contribution >= 0.6 is 11.6 Å². The van der Waals surface area contributed by atoms with Crippen LogP contribution in [0.25, 0.3) is 0 Å². The smallest absolute Gasteiger partial charge is 0.338 e. The van der Waals surface area contributed by atoms with Crippen LogP contribution in [0.4, 0.5) is 5.69 Å². The lowest BCUT2D eigenvalue weighted by molar-refractivity contribution is -0.384. The van der Waals surface area contributed by atoms with E-state index >= 15 is 0 Å². The average molecular weight is 258 g/mol. The Balaban J connectivity index is 2.98. The highest BCUT2D eigenvalue weighted by Crippen LogP contribution is 2.25. The SMILES string of the molecule is CC(C)(C)OC(=O)c1ccc([N+](=O)[O-])c(Cl)c1. The summed E-state index contributed by atoms with van der Waals surface area (Å²) in [4.78, 5) is 21.6. The molecule has 0 heterocycles. The first kappa shape index (κ1) is 13.4. The van der Waals surface area contributed by atoms with Crippen LogP contribution in [0.1, 0.15) is 31.1 Å². The molecule has 92 valence electrons.